The van der Waals surface area contributed by atoms with E-state index in [2.05, 4.69) is 20.6 Å². The highest BCUT2D eigenvalue weighted by molar-refractivity contribution is 7.89. The summed E-state index contributed by atoms with van der Waals surface area (Å²) in [5, 5.41) is 14.5. The van der Waals surface area contributed by atoms with Gasteiger partial charge in [-0.1, -0.05) is 5.10 Å². The van der Waals surface area contributed by atoms with Crippen molar-refractivity contribution in [1.82, 2.24) is 24.3 Å². The Bertz CT molecular complexity index is 1180. The Morgan fingerprint density at radius 3 is 2.30 bits per heavy atom. The largest absolute Gasteiger partial charge is 0.401 e. The third kappa shape index (κ3) is 5.82. The number of methoxy groups -OCH3 is 2. The van der Waals surface area contributed by atoms with Crippen LogP contribution < -0.4 is 5.32 Å². The first-order chi connectivity index (χ1) is 15.8. The van der Waals surface area contributed by atoms with E-state index in [4.69, 9.17) is 13.9 Å². The molecule has 0 unspecified atom stereocenters. The molecule has 0 fully saturated rings. The lowest BCUT2D eigenvalue weighted by atomic mass is 10.2. The molecule has 0 saturated carbocycles. The van der Waals surface area contributed by atoms with Gasteiger partial charge < -0.3 is 13.9 Å². The van der Waals surface area contributed by atoms with Crippen molar-refractivity contribution in [3.05, 3.63) is 41.6 Å². The highest BCUT2D eigenvalue weighted by Crippen LogP contribution is 2.21. The first kappa shape index (κ1) is 24.5. The molecule has 13 heteroatoms. The molecular weight excluding hydrogens is 452 g/mol. The fraction of sp³-hybridized carbons (Fsp3) is 0.400. The van der Waals surface area contributed by atoms with E-state index in [9.17, 15) is 13.2 Å². The lowest BCUT2D eigenvalue weighted by Crippen LogP contribution is -2.36. The molecule has 33 heavy (non-hydrogen) atoms. The van der Waals surface area contributed by atoms with Crippen LogP contribution in [0, 0.1) is 6.92 Å². The van der Waals surface area contributed by atoms with E-state index in [-0.39, 0.29) is 48.7 Å². The molecule has 1 aromatic carbocycles. The zero-order valence-corrected chi connectivity index (χ0v) is 19.6. The Balaban J connectivity index is 1.71. The maximum Gasteiger partial charge on any atom is 0.322 e. The SMILES string of the molecule is COCCN(CCOC)S(=O)(=O)c1ccc(C(=O)Nc2nnc(-c3cc(C)nn3C)o2)cc1. The minimum Gasteiger partial charge on any atom is -0.401 e. The molecule has 12 nitrogen and oxygen atoms in total. The zero-order chi connectivity index (χ0) is 24.0. The van der Waals surface area contributed by atoms with Crippen molar-refractivity contribution in [3.63, 3.8) is 0 Å². The quantitative estimate of drug-likeness (QED) is 0.432. The van der Waals surface area contributed by atoms with Crippen molar-refractivity contribution in [1.29, 1.82) is 0 Å². The number of carbonyl (C=O) groups is 1. The van der Waals surface area contributed by atoms with Crippen LogP contribution in [0.25, 0.3) is 11.6 Å². The van der Waals surface area contributed by atoms with Crippen LogP contribution in [0.15, 0.2) is 39.6 Å². The molecule has 0 bridgehead atoms. The van der Waals surface area contributed by atoms with Gasteiger partial charge in [0.15, 0.2) is 0 Å². The summed E-state index contributed by atoms with van der Waals surface area (Å²) in [6.45, 7) is 2.68. The summed E-state index contributed by atoms with van der Waals surface area (Å²) >= 11 is 0. The molecule has 0 aliphatic heterocycles. The number of amides is 1. The van der Waals surface area contributed by atoms with Crippen LogP contribution in [0.2, 0.25) is 0 Å². The fourth-order valence-corrected chi connectivity index (χ4v) is 4.43. The second kappa shape index (κ2) is 10.7. The molecular formula is C20H26N6O6S. The van der Waals surface area contributed by atoms with Crippen molar-refractivity contribution in [2.45, 2.75) is 11.8 Å². The molecule has 3 rings (SSSR count). The minimum absolute atomic E-state index is 0.0536. The lowest BCUT2D eigenvalue weighted by Gasteiger charge is -2.21. The van der Waals surface area contributed by atoms with Gasteiger partial charge in [0, 0.05) is 39.9 Å². The Morgan fingerprint density at radius 1 is 1.12 bits per heavy atom. The summed E-state index contributed by atoms with van der Waals surface area (Å²) in [7, 11) is 0.956. The molecule has 2 heterocycles. The monoisotopic (exact) mass is 478 g/mol. The summed E-state index contributed by atoms with van der Waals surface area (Å²) in [5.41, 5.74) is 1.63. The number of nitrogens with zero attached hydrogens (tertiary/aromatic N) is 5. The Hall–Kier alpha value is -3.13. The van der Waals surface area contributed by atoms with Crippen molar-refractivity contribution < 1.29 is 27.1 Å². The molecule has 0 spiro atoms. The van der Waals surface area contributed by atoms with Gasteiger partial charge in [-0.15, -0.1) is 5.10 Å². The summed E-state index contributed by atoms with van der Waals surface area (Å²) in [5.74, 6) is -0.312. The van der Waals surface area contributed by atoms with Gasteiger partial charge in [-0.2, -0.15) is 9.40 Å². The predicted molar refractivity (Wildman–Crippen MR) is 118 cm³/mol. The summed E-state index contributed by atoms with van der Waals surface area (Å²) in [4.78, 5) is 12.6. The van der Waals surface area contributed by atoms with Crippen molar-refractivity contribution in [3.8, 4) is 11.6 Å². The summed E-state index contributed by atoms with van der Waals surface area (Å²) in [6, 6.07) is 7.25. The summed E-state index contributed by atoms with van der Waals surface area (Å²) in [6.07, 6.45) is 0. The smallest absolute Gasteiger partial charge is 0.322 e. The van der Waals surface area contributed by atoms with Crippen molar-refractivity contribution in [2.75, 3.05) is 45.8 Å². The second-order valence-corrected chi connectivity index (χ2v) is 9.01. The standard InChI is InChI=1S/C20H26N6O6S/c1-14-13-17(25(2)24-14)19-22-23-20(32-19)21-18(27)15-5-7-16(8-6-15)33(28,29)26(9-11-30-3)10-12-31-4/h5-8,13H,9-12H2,1-4H3,(H,21,23,27). The molecule has 0 aliphatic carbocycles. The van der Waals surface area contributed by atoms with Gasteiger partial charge in [0.1, 0.15) is 5.69 Å². The van der Waals surface area contributed by atoms with Gasteiger partial charge in [0.25, 0.3) is 11.8 Å². The molecule has 2 aromatic heterocycles. The predicted octanol–water partition coefficient (Wildman–Crippen LogP) is 1.31. The van der Waals surface area contributed by atoms with Crippen LogP contribution in [0.1, 0.15) is 16.1 Å². The van der Waals surface area contributed by atoms with Crippen LogP contribution in [-0.4, -0.2) is 79.1 Å². The Labute approximate surface area is 191 Å². The van der Waals surface area contributed by atoms with Crippen LogP contribution in [0.5, 0.6) is 0 Å². The van der Waals surface area contributed by atoms with Gasteiger partial charge >= 0.3 is 6.01 Å². The average Bonchev–Trinajstić information content (AvgIpc) is 3.38. The van der Waals surface area contributed by atoms with E-state index in [1.165, 1.54) is 42.8 Å². The molecule has 0 atom stereocenters. The summed E-state index contributed by atoms with van der Waals surface area (Å²) < 4.78 is 44.3. The van der Waals surface area contributed by atoms with E-state index in [1.807, 2.05) is 6.92 Å². The Morgan fingerprint density at radius 2 is 1.76 bits per heavy atom. The van der Waals surface area contributed by atoms with Gasteiger partial charge in [-0.05, 0) is 37.3 Å². The van der Waals surface area contributed by atoms with Gasteiger partial charge in [0.2, 0.25) is 10.0 Å². The van der Waals surface area contributed by atoms with Crippen LogP contribution in [0.3, 0.4) is 0 Å². The maximum absolute atomic E-state index is 13.0. The molecule has 0 saturated heterocycles. The van der Waals surface area contributed by atoms with Crippen LogP contribution >= 0.6 is 0 Å². The highest BCUT2D eigenvalue weighted by atomic mass is 32.2. The van der Waals surface area contributed by atoms with Crippen molar-refractivity contribution in [2.24, 2.45) is 7.05 Å². The number of aryl methyl sites for hydroxylation is 2. The molecule has 1 amide bonds. The molecule has 3 aromatic rings. The number of anilines is 1. The third-order valence-corrected chi connectivity index (χ3v) is 6.62. The highest BCUT2D eigenvalue weighted by Gasteiger charge is 2.24. The molecule has 1 N–H and O–H groups in total. The minimum atomic E-state index is -3.78. The number of ether oxygens (including phenoxy) is 2. The van der Waals surface area contributed by atoms with Gasteiger partial charge in [0.05, 0.1) is 23.8 Å². The number of benzene rings is 1. The Kier molecular flexibility index (Phi) is 7.92. The maximum atomic E-state index is 13.0. The second-order valence-electron chi connectivity index (χ2n) is 7.08. The fourth-order valence-electron chi connectivity index (χ4n) is 3.02. The van der Waals surface area contributed by atoms with Crippen LogP contribution in [-0.2, 0) is 26.5 Å². The normalized spacial score (nSPS) is 11.8. The average molecular weight is 479 g/mol. The van der Waals surface area contributed by atoms with E-state index < -0.39 is 15.9 Å². The van der Waals surface area contributed by atoms with Gasteiger partial charge in [-0.3, -0.25) is 14.8 Å². The zero-order valence-electron chi connectivity index (χ0n) is 18.8. The molecule has 0 radical (unpaired) electrons. The molecule has 178 valence electrons. The lowest BCUT2D eigenvalue weighted by molar-refractivity contribution is 0.102. The number of hydrogen-bond donors (Lipinski definition) is 1. The molecule has 0 aliphatic rings. The topological polar surface area (TPSA) is 142 Å². The first-order valence-electron chi connectivity index (χ1n) is 10.00. The van der Waals surface area contributed by atoms with E-state index in [0.29, 0.717) is 5.69 Å². The number of carbonyl (C=O) groups excluding carboxylic acids is 1. The third-order valence-electron chi connectivity index (χ3n) is 4.71. The van der Waals surface area contributed by atoms with Gasteiger partial charge in [-0.25, -0.2) is 8.42 Å². The number of aromatic nitrogens is 4. The van der Waals surface area contributed by atoms with Crippen LogP contribution in [0.4, 0.5) is 6.01 Å². The van der Waals surface area contributed by atoms with E-state index in [0.717, 1.165) is 5.69 Å². The first-order valence-corrected chi connectivity index (χ1v) is 11.4. The number of sulfonamides is 1. The van der Waals surface area contributed by atoms with E-state index >= 15 is 0 Å². The number of nitrogens with one attached hydrogen (secondary N) is 1. The van der Waals surface area contributed by atoms with Crippen molar-refractivity contribution >= 4 is 21.9 Å². The number of hydrogen-bond acceptors (Lipinski definition) is 9. The number of rotatable bonds is 11. The van der Waals surface area contributed by atoms with E-state index in [1.54, 1.807) is 17.8 Å².